The molecule has 1 fully saturated rings. The molecule has 28 heavy (non-hydrogen) atoms. The molecule has 1 N–H and O–H groups in total. The maximum atomic E-state index is 11.1. The molecule has 148 valence electrons. The third-order valence-electron chi connectivity index (χ3n) is 6.84. The average Bonchev–Trinajstić information content (AvgIpc) is 2.57. The molecule has 0 spiro atoms. The van der Waals surface area contributed by atoms with Gasteiger partial charge in [0.2, 0.25) is 0 Å². The zero-order valence-corrected chi connectivity index (χ0v) is 17.7. The predicted molar refractivity (Wildman–Crippen MR) is 115 cm³/mol. The van der Waals surface area contributed by atoms with Gasteiger partial charge in [0.25, 0.3) is 0 Å². The minimum atomic E-state index is -0.691. The van der Waals surface area contributed by atoms with Crippen molar-refractivity contribution in [2.24, 2.45) is 5.92 Å². The van der Waals surface area contributed by atoms with Gasteiger partial charge in [0.1, 0.15) is 0 Å². The molecule has 2 aliphatic rings. The van der Waals surface area contributed by atoms with Gasteiger partial charge in [0.15, 0.2) is 0 Å². The summed E-state index contributed by atoms with van der Waals surface area (Å²) in [6.45, 7) is 12.7. The van der Waals surface area contributed by atoms with Crippen LogP contribution in [0.15, 0.2) is 36.4 Å². The SMILES string of the molecule is Cc1cc(-c2ccc3c(c2)C(C)(C)CCC3(C)C)cc(N2CC(C(=O)O)C2)c1. The number of fused-ring (bicyclic) bond motifs is 1. The van der Waals surface area contributed by atoms with E-state index < -0.39 is 5.97 Å². The Morgan fingerprint density at radius 3 is 2.21 bits per heavy atom. The predicted octanol–water partition coefficient (Wildman–Crippen LogP) is 5.53. The Morgan fingerprint density at radius 1 is 0.929 bits per heavy atom. The second kappa shape index (κ2) is 6.37. The van der Waals surface area contributed by atoms with E-state index in [0.717, 1.165) is 5.69 Å². The van der Waals surface area contributed by atoms with Crippen molar-refractivity contribution >= 4 is 11.7 Å². The standard InChI is InChI=1S/C25H31NO2/c1-16-10-18(12-20(11-16)26-14-19(15-26)23(27)28)17-6-7-21-22(13-17)25(4,5)9-8-24(21,2)3/h6-7,10-13,19H,8-9,14-15H2,1-5H3,(H,27,28). The van der Waals surface area contributed by atoms with E-state index in [1.165, 1.54) is 40.7 Å². The Labute approximate surface area is 168 Å². The highest BCUT2D eigenvalue weighted by molar-refractivity contribution is 5.76. The molecule has 1 aliphatic carbocycles. The first-order valence-corrected chi connectivity index (χ1v) is 10.3. The van der Waals surface area contributed by atoms with Gasteiger partial charge in [-0.25, -0.2) is 0 Å². The van der Waals surface area contributed by atoms with E-state index in [-0.39, 0.29) is 16.7 Å². The summed E-state index contributed by atoms with van der Waals surface area (Å²) in [4.78, 5) is 13.3. The largest absolute Gasteiger partial charge is 0.481 e. The van der Waals surface area contributed by atoms with Gasteiger partial charge in [0, 0.05) is 18.8 Å². The molecule has 0 amide bonds. The molecule has 0 radical (unpaired) electrons. The van der Waals surface area contributed by atoms with Crippen LogP contribution in [-0.2, 0) is 15.6 Å². The number of aliphatic carboxylic acids is 1. The lowest BCUT2D eigenvalue weighted by Crippen LogP contribution is -2.50. The number of carboxylic acid groups (broad SMARTS) is 1. The fourth-order valence-electron chi connectivity index (χ4n) is 4.73. The van der Waals surface area contributed by atoms with Crippen LogP contribution in [0, 0.1) is 12.8 Å². The highest BCUT2D eigenvalue weighted by Gasteiger charge is 2.37. The Balaban J connectivity index is 1.71. The molecule has 4 rings (SSSR count). The minimum absolute atomic E-state index is 0.194. The molecular weight excluding hydrogens is 346 g/mol. The molecule has 2 aromatic rings. The number of carboxylic acids is 1. The minimum Gasteiger partial charge on any atom is -0.481 e. The van der Waals surface area contributed by atoms with Gasteiger partial charge in [-0.3, -0.25) is 4.79 Å². The Kier molecular flexibility index (Phi) is 4.33. The van der Waals surface area contributed by atoms with Crippen LogP contribution in [0.5, 0.6) is 0 Å². The summed E-state index contributed by atoms with van der Waals surface area (Å²) in [5.41, 5.74) is 8.19. The van der Waals surface area contributed by atoms with Crippen molar-refractivity contribution < 1.29 is 9.90 Å². The first kappa shape index (κ1) is 19.0. The van der Waals surface area contributed by atoms with E-state index in [2.05, 4.69) is 75.9 Å². The number of nitrogens with zero attached hydrogens (tertiary/aromatic N) is 1. The lowest BCUT2D eigenvalue weighted by atomic mass is 9.63. The molecule has 1 saturated heterocycles. The molecule has 0 bridgehead atoms. The lowest BCUT2D eigenvalue weighted by molar-refractivity contribution is -0.142. The number of aryl methyl sites for hydroxylation is 1. The number of hydrogen-bond donors (Lipinski definition) is 1. The summed E-state index contributed by atoms with van der Waals surface area (Å²) in [6.07, 6.45) is 2.43. The van der Waals surface area contributed by atoms with Gasteiger partial charge in [-0.05, 0) is 70.5 Å². The fraction of sp³-hybridized carbons (Fsp3) is 0.480. The molecule has 1 aliphatic heterocycles. The van der Waals surface area contributed by atoms with Crippen molar-refractivity contribution in [3.63, 3.8) is 0 Å². The molecule has 2 aromatic carbocycles. The fourth-order valence-corrected chi connectivity index (χ4v) is 4.73. The topological polar surface area (TPSA) is 40.5 Å². The lowest BCUT2D eigenvalue weighted by Gasteiger charge is -2.42. The quantitative estimate of drug-likeness (QED) is 0.764. The van der Waals surface area contributed by atoms with Crippen molar-refractivity contribution in [3.05, 3.63) is 53.1 Å². The van der Waals surface area contributed by atoms with E-state index >= 15 is 0 Å². The zero-order chi connectivity index (χ0) is 20.3. The van der Waals surface area contributed by atoms with Crippen molar-refractivity contribution in [2.75, 3.05) is 18.0 Å². The normalized spacial score (nSPS) is 20.4. The summed E-state index contributed by atoms with van der Waals surface area (Å²) in [5, 5.41) is 9.16. The number of anilines is 1. The van der Waals surface area contributed by atoms with Crippen molar-refractivity contribution in [1.29, 1.82) is 0 Å². The first-order chi connectivity index (χ1) is 13.1. The Morgan fingerprint density at radius 2 is 1.57 bits per heavy atom. The molecule has 3 heteroatoms. The van der Waals surface area contributed by atoms with Crippen molar-refractivity contribution in [1.82, 2.24) is 0 Å². The van der Waals surface area contributed by atoms with Crippen molar-refractivity contribution in [3.8, 4) is 11.1 Å². The van der Waals surface area contributed by atoms with Gasteiger partial charge in [-0.15, -0.1) is 0 Å². The smallest absolute Gasteiger partial charge is 0.310 e. The molecule has 1 heterocycles. The van der Waals surface area contributed by atoms with Crippen LogP contribution in [0.2, 0.25) is 0 Å². The third kappa shape index (κ3) is 3.21. The maximum Gasteiger partial charge on any atom is 0.310 e. The van der Waals surface area contributed by atoms with Gasteiger partial charge in [-0.1, -0.05) is 52.0 Å². The molecule has 3 nitrogen and oxygen atoms in total. The summed E-state index contributed by atoms with van der Waals surface area (Å²) in [6, 6.07) is 13.6. The van der Waals surface area contributed by atoms with Crippen LogP contribution >= 0.6 is 0 Å². The van der Waals surface area contributed by atoms with Gasteiger partial charge < -0.3 is 10.0 Å². The second-order valence-electron chi connectivity index (χ2n) is 10.0. The monoisotopic (exact) mass is 377 g/mol. The highest BCUT2D eigenvalue weighted by atomic mass is 16.4. The summed E-state index contributed by atoms with van der Waals surface area (Å²) >= 11 is 0. The van der Waals surface area contributed by atoms with E-state index in [1.807, 2.05) is 0 Å². The molecule has 0 atom stereocenters. The maximum absolute atomic E-state index is 11.1. The van der Waals surface area contributed by atoms with E-state index in [1.54, 1.807) is 0 Å². The second-order valence-corrected chi connectivity index (χ2v) is 10.0. The number of rotatable bonds is 3. The van der Waals surface area contributed by atoms with Crippen LogP contribution in [0.1, 0.15) is 57.2 Å². The van der Waals surface area contributed by atoms with E-state index in [9.17, 15) is 4.79 Å². The van der Waals surface area contributed by atoms with Crippen LogP contribution in [-0.4, -0.2) is 24.2 Å². The van der Waals surface area contributed by atoms with Gasteiger partial charge >= 0.3 is 5.97 Å². The molecule has 0 saturated carbocycles. The van der Waals surface area contributed by atoms with Crippen LogP contribution in [0.4, 0.5) is 5.69 Å². The van der Waals surface area contributed by atoms with Crippen LogP contribution in [0.3, 0.4) is 0 Å². The zero-order valence-electron chi connectivity index (χ0n) is 17.7. The number of carbonyl (C=O) groups is 1. The summed E-state index contributed by atoms with van der Waals surface area (Å²) in [5.74, 6) is -0.931. The van der Waals surface area contributed by atoms with Crippen molar-refractivity contribution in [2.45, 2.75) is 58.3 Å². The van der Waals surface area contributed by atoms with E-state index in [4.69, 9.17) is 5.11 Å². The summed E-state index contributed by atoms with van der Waals surface area (Å²) in [7, 11) is 0. The first-order valence-electron chi connectivity index (χ1n) is 10.3. The highest BCUT2D eigenvalue weighted by Crippen LogP contribution is 2.47. The van der Waals surface area contributed by atoms with Gasteiger partial charge in [-0.2, -0.15) is 0 Å². The van der Waals surface area contributed by atoms with Crippen LogP contribution in [0.25, 0.3) is 11.1 Å². The molecule has 0 aromatic heterocycles. The van der Waals surface area contributed by atoms with E-state index in [0.29, 0.717) is 13.1 Å². The molecule has 0 unspecified atom stereocenters. The van der Waals surface area contributed by atoms with Gasteiger partial charge in [0.05, 0.1) is 5.92 Å². The number of benzene rings is 2. The number of hydrogen-bond acceptors (Lipinski definition) is 2. The third-order valence-corrected chi connectivity index (χ3v) is 6.84. The summed E-state index contributed by atoms with van der Waals surface area (Å²) < 4.78 is 0. The molecular formula is C25H31NO2. The average molecular weight is 378 g/mol. The van der Waals surface area contributed by atoms with Crippen LogP contribution < -0.4 is 4.90 Å². The Hall–Kier alpha value is -2.29. The Bertz CT molecular complexity index is 936.